The summed E-state index contributed by atoms with van der Waals surface area (Å²) in [5.41, 5.74) is 0.577. The molecule has 0 fully saturated rings. The highest BCUT2D eigenvalue weighted by Crippen LogP contribution is 2.37. The molecule has 0 bridgehead atoms. The van der Waals surface area contributed by atoms with Crippen molar-refractivity contribution in [2.75, 3.05) is 11.9 Å². The highest BCUT2D eigenvalue weighted by molar-refractivity contribution is 6.33. The van der Waals surface area contributed by atoms with Crippen molar-refractivity contribution >= 4 is 29.0 Å². The molecule has 1 aromatic carbocycles. The van der Waals surface area contributed by atoms with Gasteiger partial charge in [-0.1, -0.05) is 17.7 Å². The van der Waals surface area contributed by atoms with E-state index < -0.39 is 18.0 Å². The fourth-order valence-corrected chi connectivity index (χ4v) is 3.33. The van der Waals surface area contributed by atoms with Crippen LogP contribution in [-0.4, -0.2) is 32.3 Å². The molecule has 1 N–H and O–H groups in total. The van der Waals surface area contributed by atoms with Crippen LogP contribution in [0, 0.1) is 0 Å². The van der Waals surface area contributed by atoms with E-state index in [4.69, 9.17) is 16.3 Å². The SMILES string of the molecule is CCOC(=O)Nc1cc(-c2cc(-c3cccnc3C(F)(F)F)nn3ccnc23)ccc1Cl. The van der Waals surface area contributed by atoms with Crippen LogP contribution in [0.2, 0.25) is 5.02 Å². The largest absolute Gasteiger partial charge is 0.450 e. The highest BCUT2D eigenvalue weighted by atomic mass is 35.5. The molecule has 0 radical (unpaired) electrons. The lowest BCUT2D eigenvalue weighted by Gasteiger charge is -2.14. The van der Waals surface area contributed by atoms with Crippen molar-refractivity contribution in [1.29, 1.82) is 0 Å². The number of carbonyl (C=O) groups is 1. The van der Waals surface area contributed by atoms with E-state index in [0.29, 0.717) is 16.8 Å². The molecule has 0 unspecified atom stereocenters. The number of nitrogens with one attached hydrogen (secondary N) is 1. The summed E-state index contributed by atoms with van der Waals surface area (Å²) < 4.78 is 46.8. The molecule has 32 heavy (non-hydrogen) atoms. The van der Waals surface area contributed by atoms with Gasteiger partial charge in [0.25, 0.3) is 0 Å². The molecule has 0 atom stereocenters. The lowest BCUT2D eigenvalue weighted by Crippen LogP contribution is -2.13. The number of fused-ring (bicyclic) bond motifs is 1. The summed E-state index contributed by atoms with van der Waals surface area (Å²) in [4.78, 5) is 19.6. The number of ether oxygens (including phenoxy) is 1. The van der Waals surface area contributed by atoms with Gasteiger partial charge in [-0.2, -0.15) is 18.3 Å². The van der Waals surface area contributed by atoms with Crippen molar-refractivity contribution in [2.45, 2.75) is 13.1 Å². The molecule has 0 saturated carbocycles. The second kappa shape index (κ2) is 8.46. The molecule has 11 heteroatoms. The third-order valence-electron chi connectivity index (χ3n) is 4.50. The van der Waals surface area contributed by atoms with Crippen LogP contribution in [0.1, 0.15) is 12.6 Å². The van der Waals surface area contributed by atoms with Crippen LogP contribution in [0.25, 0.3) is 28.0 Å². The number of hydrogen-bond donors (Lipinski definition) is 1. The Morgan fingerprint density at radius 1 is 1.16 bits per heavy atom. The summed E-state index contributed by atoms with van der Waals surface area (Å²) in [6, 6.07) is 9.02. The Morgan fingerprint density at radius 2 is 1.97 bits per heavy atom. The molecular formula is C21H15ClF3N5O2. The summed E-state index contributed by atoms with van der Waals surface area (Å²) in [6.07, 6.45) is -1.25. The van der Waals surface area contributed by atoms with Gasteiger partial charge in [0, 0.05) is 29.7 Å². The van der Waals surface area contributed by atoms with Gasteiger partial charge in [0.2, 0.25) is 0 Å². The lowest BCUT2D eigenvalue weighted by molar-refractivity contribution is -0.140. The Kier molecular flexibility index (Phi) is 5.70. The zero-order valence-electron chi connectivity index (χ0n) is 16.5. The number of imidazole rings is 1. The van der Waals surface area contributed by atoms with Gasteiger partial charge in [0.1, 0.15) is 0 Å². The van der Waals surface area contributed by atoms with Crippen molar-refractivity contribution in [3.05, 3.63) is 65.7 Å². The smallest absolute Gasteiger partial charge is 0.434 e. The normalized spacial score (nSPS) is 11.5. The summed E-state index contributed by atoms with van der Waals surface area (Å²) in [7, 11) is 0. The standard InChI is InChI=1S/C21H15ClF3N5O2/c1-2-32-20(31)28-17-10-12(5-6-15(17)22)14-11-16(29-30-9-8-27-19(14)30)13-4-3-7-26-18(13)21(23,24)25/h3-11H,2H2,1H3,(H,28,31). The Bertz CT molecular complexity index is 1310. The number of benzene rings is 1. The maximum Gasteiger partial charge on any atom is 0.434 e. The third kappa shape index (κ3) is 4.22. The molecule has 4 aromatic rings. The maximum absolute atomic E-state index is 13.5. The van der Waals surface area contributed by atoms with Crippen LogP contribution in [0.5, 0.6) is 0 Å². The van der Waals surface area contributed by atoms with Crippen molar-refractivity contribution in [1.82, 2.24) is 19.6 Å². The van der Waals surface area contributed by atoms with Gasteiger partial charge in [-0.15, -0.1) is 0 Å². The summed E-state index contributed by atoms with van der Waals surface area (Å²) in [6.45, 7) is 1.84. The number of rotatable bonds is 4. The van der Waals surface area contributed by atoms with Crippen molar-refractivity contribution in [3.63, 3.8) is 0 Å². The first-order valence-electron chi connectivity index (χ1n) is 9.38. The predicted octanol–water partition coefficient (Wildman–Crippen LogP) is 5.70. The van der Waals surface area contributed by atoms with Crippen LogP contribution < -0.4 is 5.32 Å². The summed E-state index contributed by atoms with van der Waals surface area (Å²) in [5, 5.41) is 7.09. The number of anilines is 1. The van der Waals surface area contributed by atoms with Crippen LogP contribution in [0.3, 0.4) is 0 Å². The molecule has 0 saturated heterocycles. The third-order valence-corrected chi connectivity index (χ3v) is 4.83. The number of carbonyl (C=O) groups excluding carboxylic acids is 1. The minimum atomic E-state index is -4.65. The molecule has 7 nitrogen and oxygen atoms in total. The Hall–Kier alpha value is -3.66. The van der Waals surface area contributed by atoms with E-state index in [1.54, 1.807) is 25.1 Å². The molecule has 3 aromatic heterocycles. The van der Waals surface area contributed by atoms with E-state index in [-0.39, 0.29) is 28.6 Å². The van der Waals surface area contributed by atoms with E-state index in [1.165, 1.54) is 35.1 Å². The molecule has 164 valence electrons. The number of alkyl halides is 3. The van der Waals surface area contributed by atoms with Crippen LogP contribution in [0.15, 0.2) is 55.0 Å². The molecule has 3 heterocycles. The van der Waals surface area contributed by atoms with Crippen LogP contribution >= 0.6 is 11.6 Å². The zero-order valence-corrected chi connectivity index (χ0v) is 17.3. The van der Waals surface area contributed by atoms with E-state index >= 15 is 0 Å². The predicted molar refractivity (Wildman–Crippen MR) is 112 cm³/mol. The quantitative estimate of drug-likeness (QED) is 0.421. The zero-order chi connectivity index (χ0) is 22.9. The van der Waals surface area contributed by atoms with Gasteiger partial charge in [-0.05, 0) is 42.8 Å². The Morgan fingerprint density at radius 3 is 2.72 bits per heavy atom. The summed E-state index contributed by atoms with van der Waals surface area (Å²) >= 11 is 6.19. The number of hydrogen-bond acceptors (Lipinski definition) is 5. The number of nitrogens with zero attached hydrogens (tertiary/aromatic N) is 4. The van der Waals surface area contributed by atoms with Crippen LogP contribution in [-0.2, 0) is 10.9 Å². The maximum atomic E-state index is 13.5. The molecule has 0 spiro atoms. The van der Waals surface area contributed by atoms with Crippen molar-refractivity contribution in [3.8, 4) is 22.4 Å². The molecule has 1 amide bonds. The Balaban J connectivity index is 1.87. The topological polar surface area (TPSA) is 81.4 Å². The van der Waals surface area contributed by atoms with E-state index in [9.17, 15) is 18.0 Å². The minimum Gasteiger partial charge on any atom is -0.450 e. The van der Waals surface area contributed by atoms with Gasteiger partial charge < -0.3 is 4.74 Å². The highest BCUT2D eigenvalue weighted by Gasteiger charge is 2.36. The molecule has 0 aliphatic heterocycles. The average Bonchev–Trinajstić information content (AvgIpc) is 3.23. The second-order valence-electron chi connectivity index (χ2n) is 6.58. The number of halogens is 4. The number of amides is 1. The first-order chi connectivity index (χ1) is 15.3. The van der Waals surface area contributed by atoms with Gasteiger partial charge in [0.15, 0.2) is 11.3 Å². The number of pyridine rings is 1. The van der Waals surface area contributed by atoms with E-state index in [0.717, 1.165) is 6.20 Å². The molecule has 4 rings (SSSR count). The van der Waals surface area contributed by atoms with Crippen molar-refractivity contribution in [2.24, 2.45) is 0 Å². The molecule has 0 aliphatic rings. The monoisotopic (exact) mass is 461 g/mol. The fourth-order valence-electron chi connectivity index (χ4n) is 3.16. The van der Waals surface area contributed by atoms with Gasteiger partial charge in [0.05, 0.1) is 23.0 Å². The van der Waals surface area contributed by atoms with Gasteiger partial charge in [-0.25, -0.2) is 14.3 Å². The van der Waals surface area contributed by atoms with Gasteiger partial charge in [-0.3, -0.25) is 10.3 Å². The van der Waals surface area contributed by atoms with Crippen molar-refractivity contribution < 1.29 is 22.7 Å². The van der Waals surface area contributed by atoms with Crippen LogP contribution in [0.4, 0.5) is 23.7 Å². The number of aromatic nitrogens is 4. The first-order valence-corrected chi connectivity index (χ1v) is 9.76. The first kappa shape index (κ1) is 21.6. The molecular weight excluding hydrogens is 447 g/mol. The Labute approximate surface area is 184 Å². The summed E-state index contributed by atoms with van der Waals surface area (Å²) in [5.74, 6) is 0. The minimum absolute atomic E-state index is 0.0563. The van der Waals surface area contributed by atoms with E-state index in [2.05, 4.69) is 20.4 Å². The average molecular weight is 462 g/mol. The molecule has 0 aliphatic carbocycles. The lowest BCUT2D eigenvalue weighted by atomic mass is 10.0. The van der Waals surface area contributed by atoms with Gasteiger partial charge >= 0.3 is 12.3 Å². The second-order valence-corrected chi connectivity index (χ2v) is 6.98. The fraction of sp³-hybridized carbons (Fsp3) is 0.143. The van der Waals surface area contributed by atoms with E-state index in [1.807, 2.05) is 0 Å².